The number of imidazole rings is 1. The number of hydrogen-bond donors (Lipinski definition) is 3. The second kappa shape index (κ2) is 8.44. The van der Waals surface area contributed by atoms with Gasteiger partial charge in [0.1, 0.15) is 11.6 Å². The zero-order chi connectivity index (χ0) is 17.5. The SMILES string of the molecule is Cc1nccn1-c1ccc(CNC(=O)NCC(C)CCO)cc1F. The first-order valence-corrected chi connectivity index (χ1v) is 7.92. The molecule has 0 aliphatic rings. The number of aliphatic hydroxyl groups excluding tert-OH is 1. The number of carbonyl (C=O) groups excluding carboxylic acids is 1. The molecular formula is C17H23FN4O2. The minimum atomic E-state index is -0.368. The van der Waals surface area contributed by atoms with E-state index in [1.807, 2.05) is 6.92 Å². The minimum absolute atomic E-state index is 0.104. The zero-order valence-corrected chi connectivity index (χ0v) is 13.9. The van der Waals surface area contributed by atoms with Crippen molar-refractivity contribution in [3.05, 3.63) is 47.8 Å². The number of amides is 2. The number of urea groups is 1. The molecule has 0 saturated carbocycles. The van der Waals surface area contributed by atoms with Gasteiger partial charge in [0.2, 0.25) is 0 Å². The molecule has 0 aliphatic heterocycles. The molecule has 2 aromatic rings. The second-order valence-electron chi connectivity index (χ2n) is 5.81. The van der Waals surface area contributed by atoms with Gasteiger partial charge in [-0.3, -0.25) is 0 Å². The number of rotatable bonds is 7. The van der Waals surface area contributed by atoms with Crippen LogP contribution in [0.3, 0.4) is 0 Å². The molecule has 24 heavy (non-hydrogen) atoms. The van der Waals surface area contributed by atoms with Crippen molar-refractivity contribution in [3.8, 4) is 5.69 Å². The molecule has 0 fully saturated rings. The largest absolute Gasteiger partial charge is 0.396 e. The predicted molar refractivity (Wildman–Crippen MR) is 89.4 cm³/mol. The van der Waals surface area contributed by atoms with Gasteiger partial charge in [-0.15, -0.1) is 0 Å². The summed E-state index contributed by atoms with van der Waals surface area (Å²) in [6.45, 7) is 4.58. The molecule has 7 heteroatoms. The lowest BCUT2D eigenvalue weighted by Gasteiger charge is -2.13. The van der Waals surface area contributed by atoms with Crippen LogP contribution in [0.15, 0.2) is 30.6 Å². The van der Waals surface area contributed by atoms with E-state index in [4.69, 9.17) is 5.11 Å². The zero-order valence-electron chi connectivity index (χ0n) is 13.9. The predicted octanol–water partition coefficient (Wildman–Crippen LogP) is 2.14. The molecule has 0 saturated heterocycles. The van der Waals surface area contributed by atoms with Crippen molar-refractivity contribution < 1.29 is 14.3 Å². The average Bonchev–Trinajstić information content (AvgIpc) is 2.97. The van der Waals surface area contributed by atoms with Gasteiger partial charge >= 0.3 is 6.03 Å². The molecule has 1 aromatic heterocycles. The number of halogens is 1. The highest BCUT2D eigenvalue weighted by atomic mass is 19.1. The Morgan fingerprint density at radius 1 is 1.42 bits per heavy atom. The maximum Gasteiger partial charge on any atom is 0.315 e. The highest BCUT2D eigenvalue weighted by molar-refractivity contribution is 5.73. The first-order valence-electron chi connectivity index (χ1n) is 7.92. The lowest BCUT2D eigenvalue weighted by Crippen LogP contribution is -2.37. The number of aryl methyl sites for hydroxylation is 1. The monoisotopic (exact) mass is 334 g/mol. The van der Waals surface area contributed by atoms with E-state index in [9.17, 15) is 9.18 Å². The van der Waals surface area contributed by atoms with E-state index in [1.165, 1.54) is 6.07 Å². The van der Waals surface area contributed by atoms with Crippen molar-refractivity contribution in [1.29, 1.82) is 0 Å². The number of hydrogen-bond acceptors (Lipinski definition) is 3. The molecule has 0 spiro atoms. The standard InChI is InChI=1S/C17H23FN4O2/c1-12(5-8-23)10-20-17(24)21-11-14-3-4-16(15(18)9-14)22-7-6-19-13(22)2/h3-4,6-7,9,12,23H,5,8,10-11H2,1-2H3,(H2,20,21,24). The van der Waals surface area contributed by atoms with Crippen LogP contribution in [0.4, 0.5) is 9.18 Å². The summed E-state index contributed by atoms with van der Waals surface area (Å²) in [6, 6.07) is 4.54. The molecule has 2 rings (SSSR count). The van der Waals surface area contributed by atoms with Crippen LogP contribution in [0.25, 0.3) is 5.69 Å². The summed E-state index contributed by atoms with van der Waals surface area (Å²) in [5.74, 6) is 0.541. The molecule has 0 radical (unpaired) electrons. The van der Waals surface area contributed by atoms with Gasteiger partial charge < -0.3 is 20.3 Å². The molecule has 6 nitrogen and oxygen atoms in total. The maximum absolute atomic E-state index is 14.3. The highest BCUT2D eigenvalue weighted by Gasteiger charge is 2.09. The Balaban J connectivity index is 1.89. The number of aliphatic hydroxyl groups is 1. The summed E-state index contributed by atoms with van der Waals surface area (Å²) >= 11 is 0. The Hall–Kier alpha value is -2.41. The van der Waals surface area contributed by atoms with E-state index < -0.39 is 0 Å². The maximum atomic E-state index is 14.3. The lowest BCUT2D eigenvalue weighted by atomic mass is 10.1. The van der Waals surface area contributed by atoms with E-state index >= 15 is 0 Å². The molecule has 1 atom stereocenters. The van der Waals surface area contributed by atoms with E-state index in [-0.39, 0.29) is 30.9 Å². The number of nitrogens with zero attached hydrogens (tertiary/aromatic N) is 2. The van der Waals surface area contributed by atoms with Crippen LogP contribution in [0.1, 0.15) is 24.7 Å². The van der Waals surface area contributed by atoms with E-state index in [2.05, 4.69) is 15.6 Å². The Bertz CT molecular complexity index is 687. The summed E-state index contributed by atoms with van der Waals surface area (Å²) in [6.07, 6.45) is 3.96. The normalized spacial score (nSPS) is 12.0. The van der Waals surface area contributed by atoms with Crippen LogP contribution in [0.2, 0.25) is 0 Å². The van der Waals surface area contributed by atoms with Gasteiger partial charge in [0.15, 0.2) is 0 Å². The van der Waals surface area contributed by atoms with Crippen LogP contribution in [-0.4, -0.2) is 33.8 Å². The van der Waals surface area contributed by atoms with Crippen molar-refractivity contribution in [2.45, 2.75) is 26.8 Å². The molecule has 130 valence electrons. The van der Waals surface area contributed by atoms with Crippen molar-refractivity contribution in [3.63, 3.8) is 0 Å². The molecule has 3 N–H and O–H groups in total. The quantitative estimate of drug-likeness (QED) is 0.726. The fraction of sp³-hybridized carbons (Fsp3) is 0.412. The fourth-order valence-corrected chi connectivity index (χ4v) is 2.32. The summed E-state index contributed by atoms with van der Waals surface area (Å²) in [5.41, 5.74) is 1.10. The lowest BCUT2D eigenvalue weighted by molar-refractivity contribution is 0.233. The summed E-state index contributed by atoms with van der Waals surface area (Å²) < 4.78 is 15.9. The molecular weight excluding hydrogens is 311 g/mol. The highest BCUT2D eigenvalue weighted by Crippen LogP contribution is 2.16. The van der Waals surface area contributed by atoms with E-state index in [1.54, 1.807) is 36.0 Å². The van der Waals surface area contributed by atoms with Crippen LogP contribution < -0.4 is 10.6 Å². The van der Waals surface area contributed by atoms with Crippen molar-refractivity contribution >= 4 is 6.03 Å². The Kier molecular flexibility index (Phi) is 6.31. The van der Waals surface area contributed by atoms with Gasteiger partial charge in [-0.25, -0.2) is 14.2 Å². The van der Waals surface area contributed by atoms with Crippen molar-refractivity contribution in [2.75, 3.05) is 13.2 Å². The molecule has 1 unspecified atom stereocenters. The first-order chi connectivity index (χ1) is 11.5. The molecule has 0 bridgehead atoms. The van der Waals surface area contributed by atoms with Gasteiger partial charge in [-0.1, -0.05) is 13.0 Å². The van der Waals surface area contributed by atoms with Gasteiger partial charge in [0.25, 0.3) is 0 Å². The molecule has 1 aromatic carbocycles. The minimum Gasteiger partial charge on any atom is -0.396 e. The van der Waals surface area contributed by atoms with Crippen LogP contribution in [0, 0.1) is 18.7 Å². The first kappa shape index (κ1) is 17.9. The number of carbonyl (C=O) groups is 1. The topological polar surface area (TPSA) is 79.2 Å². The molecule has 1 heterocycles. The Morgan fingerprint density at radius 3 is 2.83 bits per heavy atom. The average molecular weight is 334 g/mol. The fourth-order valence-electron chi connectivity index (χ4n) is 2.32. The number of aromatic nitrogens is 2. The third-order valence-corrected chi connectivity index (χ3v) is 3.78. The third-order valence-electron chi connectivity index (χ3n) is 3.78. The van der Waals surface area contributed by atoms with Crippen LogP contribution >= 0.6 is 0 Å². The third kappa shape index (κ3) is 4.79. The number of nitrogens with one attached hydrogen (secondary N) is 2. The second-order valence-corrected chi connectivity index (χ2v) is 5.81. The van der Waals surface area contributed by atoms with Crippen molar-refractivity contribution in [2.24, 2.45) is 5.92 Å². The summed E-state index contributed by atoms with van der Waals surface area (Å²) in [7, 11) is 0. The number of benzene rings is 1. The van der Waals surface area contributed by atoms with Crippen LogP contribution in [-0.2, 0) is 6.54 Å². The van der Waals surface area contributed by atoms with E-state index in [0.717, 1.165) is 0 Å². The Labute approximate surface area is 140 Å². The molecule has 0 aliphatic carbocycles. The Morgan fingerprint density at radius 2 is 2.21 bits per heavy atom. The summed E-state index contributed by atoms with van der Waals surface area (Å²) in [4.78, 5) is 15.8. The van der Waals surface area contributed by atoms with E-state index in [0.29, 0.717) is 30.0 Å². The smallest absolute Gasteiger partial charge is 0.315 e. The summed E-state index contributed by atoms with van der Waals surface area (Å²) in [5, 5.41) is 14.2. The van der Waals surface area contributed by atoms with Gasteiger partial charge in [-0.05, 0) is 37.0 Å². The van der Waals surface area contributed by atoms with Gasteiger partial charge in [-0.2, -0.15) is 0 Å². The van der Waals surface area contributed by atoms with Gasteiger partial charge in [0, 0.05) is 32.1 Å². The van der Waals surface area contributed by atoms with Crippen molar-refractivity contribution in [1.82, 2.24) is 20.2 Å². The van der Waals surface area contributed by atoms with Gasteiger partial charge in [0.05, 0.1) is 5.69 Å². The molecule has 2 amide bonds. The van der Waals surface area contributed by atoms with Crippen LogP contribution in [0.5, 0.6) is 0 Å².